The van der Waals surface area contributed by atoms with Crippen LogP contribution in [0.5, 0.6) is 11.5 Å². The Morgan fingerprint density at radius 2 is 1.44 bits per heavy atom. The minimum absolute atomic E-state index is 0.00926. The van der Waals surface area contributed by atoms with Crippen molar-refractivity contribution < 1.29 is 91.2 Å². The lowest BCUT2D eigenvalue weighted by Gasteiger charge is -2.36. The first kappa shape index (κ1) is 67.4. The van der Waals surface area contributed by atoms with E-state index in [0.29, 0.717) is 16.2 Å². The number of aromatic nitrogens is 3. The van der Waals surface area contributed by atoms with Gasteiger partial charge in [0.2, 0.25) is 40.4 Å². The molecule has 492 valence electrons. The van der Waals surface area contributed by atoms with E-state index >= 15 is 0 Å². The number of hydrogen-bond donors (Lipinski definition) is 14. The van der Waals surface area contributed by atoms with E-state index in [2.05, 4.69) is 47.8 Å². The van der Waals surface area contributed by atoms with Crippen LogP contribution in [0.1, 0.15) is 62.9 Å². The van der Waals surface area contributed by atoms with Gasteiger partial charge in [-0.25, -0.2) is 9.50 Å². The van der Waals surface area contributed by atoms with E-state index < -0.39 is 174 Å². The maximum atomic E-state index is 14.7. The van der Waals surface area contributed by atoms with Crippen molar-refractivity contribution in [2.45, 2.75) is 138 Å². The molecule has 6 heterocycles. The number of fused-ring (bicyclic) bond motifs is 3. The Hall–Kier alpha value is -7.96. The molecule has 0 saturated carbocycles. The summed E-state index contributed by atoms with van der Waals surface area (Å²) in [5.41, 5.74) is 8.77. The van der Waals surface area contributed by atoms with Gasteiger partial charge >= 0.3 is 10.4 Å². The number of anilines is 1. The Kier molecular flexibility index (Phi) is 21.0. The molecule has 0 aliphatic carbocycles. The maximum Gasteiger partial charge on any atom is 0.446 e. The number of phenols is 1. The first-order chi connectivity index (χ1) is 43.0. The number of nitrogens with zero attached hydrogens (tertiary/aromatic N) is 6. The number of carbonyl (C=O) groups excluding carboxylic acids is 7. The molecule has 15 atom stereocenters. The van der Waals surface area contributed by atoms with Crippen LogP contribution < -0.4 is 41.4 Å². The highest BCUT2D eigenvalue weighted by atomic mass is 32.3. The Morgan fingerprint density at radius 3 is 2.09 bits per heavy atom. The predicted octanol–water partition coefficient (Wildman–Crippen LogP) is -3.08. The van der Waals surface area contributed by atoms with E-state index in [1.165, 1.54) is 30.4 Å². The summed E-state index contributed by atoms with van der Waals surface area (Å²) in [5.74, 6) is -10.5. The number of benzene rings is 3. The fourth-order valence-electron chi connectivity index (χ4n) is 11.7. The van der Waals surface area contributed by atoms with Gasteiger partial charge in [-0.05, 0) is 87.8 Å². The number of amides is 7. The number of aliphatic hydroxyl groups excluding tert-OH is 6. The molecule has 0 bridgehead atoms. The zero-order chi connectivity index (χ0) is 65.9. The third-order valence-corrected chi connectivity index (χ3v) is 17.6. The number of β-amino-alcohol motifs (C(OH)–C–C–N with tert-alkyl or cyclic N) is 1. The van der Waals surface area contributed by atoms with E-state index in [0.717, 1.165) is 64.3 Å². The number of hydrogen-bond acceptors (Lipinski definition) is 23. The molecule has 4 fully saturated rings. The fraction of sp³-hybridized carbons (Fsp3) is 0.500. The first-order valence-corrected chi connectivity index (χ1v) is 31.6. The van der Waals surface area contributed by atoms with Gasteiger partial charge in [0.25, 0.3) is 5.91 Å². The molecule has 4 aliphatic heterocycles. The number of carbonyl (C=O) groups is 7. The number of imidazole rings is 1. The minimum Gasteiger partial charge on any atom is -0.504 e. The standard InChI is InChI=1S/C58H74N12O19S2/c1-27-22-69-48(49(27)77)54(82)60-21-36(72)19-38(61-50(78)33-8-6-32(7-9-33)39-26-70-58(62-39)90-55(66-70)34-10-12-35(13-11-34)67-23-28(2)88-29(3)24-67)51(79)63-45(30(4)71)56(83)68-25-37(73)20-40(68)52(80)64-46(53(81)65-47(57(69)84)42(75)15-16-59)43(76)17-31-5-14-41(74)44(18-31)89-91(85,86)87/h5-14,18,26-30,36-38,40,42-43,45-49,71-77H,15-17,19-25,59H2,1-4H3,(H,60,82)(H,61,78)(H,63,79)(H,64,80)(H,65,81)(H,85,86,87)/t27-,28-,29+,30+,36+,37+,38?,40?,42-,43+,45-,46-,47?,48?,49-/m0/s1. The van der Waals surface area contributed by atoms with Gasteiger partial charge in [-0.2, -0.15) is 13.5 Å². The van der Waals surface area contributed by atoms with Crippen molar-refractivity contribution in [3.05, 3.63) is 84.1 Å². The zero-order valence-corrected chi connectivity index (χ0v) is 51.4. The van der Waals surface area contributed by atoms with Gasteiger partial charge in [-0.1, -0.05) is 36.5 Å². The average Bonchev–Trinajstić information content (AvgIpc) is 1.71. The van der Waals surface area contributed by atoms with Gasteiger partial charge in [0.15, 0.2) is 11.5 Å². The average molecular weight is 1310 g/mol. The monoisotopic (exact) mass is 1310 g/mol. The summed E-state index contributed by atoms with van der Waals surface area (Å²) in [6.07, 6.45) is -10.8. The van der Waals surface area contributed by atoms with E-state index in [9.17, 15) is 82.3 Å². The van der Waals surface area contributed by atoms with Crippen LogP contribution in [0.3, 0.4) is 0 Å². The summed E-state index contributed by atoms with van der Waals surface area (Å²) in [6, 6.07) is 5.67. The van der Waals surface area contributed by atoms with Crippen molar-refractivity contribution in [2.75, 3.05) is 44.2 Å². The second-order valence-electron chi connectivity index (χ2n) is 23.4. The SMILES string of the molecule is C[C@@H]1CN(c2ccc(-c3nn4cc(-c5ccc(C(=O)NC6C[C@@H](O)CNC(=O)C7[C@@H](O)[C@@H](C)CN7C(=O)C([C@@H](O)CCN)NC(=O)[C@H]([C@H](O)Cc7ccc(O)c(OS(=O)(=O)O)c7)NC(=O)C7C[C@@H](O)CN7C(=O)[C@H]([C@@H](C)O)NC6=O)cc5)nc4s3)cc2)C[C@H](C)O1. The van der Waals surface area contributed by atoms with Crippen LogP contribution >= 0.6 is 11.3 Å². The van der Waals surface area contributed by atoms with Crippen molar-refractivity contribution in [2.24, 2.45) is 11.7 Å². The number of ether oxygens (including phenoxy) is 1. The highest BCUT2D eigenvalue weighted by Crippen LogP contribution is 2.33. The lowest BCUT2D eigenvalue weighted by atomic mass is 9.98. The summed E-state index contributed by atoms with van der Waals surface area (Å²) in [4.78, 5) is 111. The zero-order valence-electron chi connectivity index (χ0n) is 49.8. The molecule has 4 saturated heterocycles. The summed E-state index contributed by atoms with van der Waals surface area (Å²) in [6.45, 7) is 6.33. The molecule has 0 spiro atoms. The molecule has 5 aromatic rings. The lowest BCUT2D eigenvalue weighted by molar-refractivity contribution is -0.147. The second-order valence-corrected chi connectivity index (χ2v) is 25.4. The summed E-state index contributed by atoms with van der Waals surface area (Å²) in [7, 11) is -5.21. The van der Waals surface area contributed by atoms with E-state index in [1.54, 1.807) is 22.8 Å². The molecule has 2 aromatic heterocycles. The third-order valence-electron chi connectivity index (χ3n) is 16.3. The molecule has 7 amide bonds. The summed E-state index contributed by atoms with van der Waals surface area (Å²) < 4.78 is 44.4. The Bertz CT molecular complexity index is 3570. The summed E-state index contributed by atoms with van der Waals surface area (Å²) in [5, 5.41) is 96.1. The smallest absolute Gasteiger partial charge is 0.446 e. The second kappa shape index (κ2) is 28.3. The van der Waals surface area contributed by atoms with E-state index in [-0.39, 0.29) is 42.8 Å². The quantitative estimate of drug-likeness (QED) is 0.0490. The Labute approximate surface area is 525 Å². The molecular formula is C58H74N12O19S2. The fourth-order valence-corrected chi connectivity index (χ4v) is 12.9. The van der Waals surface area contributed by atoms with Crippen LogP contribution in [-0.2, 0) is 50.3 Å². The number of rotatable bonds is 14. The number of aromatic hydroxyl groups is 1. The topological polar surface area (TPSA) is 460 Å². The highest BCUT2D eigenvalue weighted by molar-refractivity contribution is 7.81. The molecule has 15 N–H and O–H groups in total. The first-order valence-electron chi connectivity index (χ1n) is 29.4. The van der Waals surface area contributed by atoms with Crippen molar-refractivity contribution in [1.82, 2.24) is 51.0 Å². The van der Waals surface area contributed by atoms with Crippen LogP contribution in [0.2, 0.25) is 0 Å². The van der Waals surface area contributed by atoms with Gasteiger partial charge in [0, 0.05) is 80.3 Å². The van der Waals surface area contributed by atoms with Crippen molar-refractivity contribution >= 4 is 73.7 Å². The number of nitrogens with one attached hydrogen (secondary N) is 5. The predicted molar refractivity (Wildman–Crippen MR) is 323 cm³/mol. The molecule has 4 aliphatic rings. The van der Waals surface area contributed by atoms with Crippen LogP contribution in [-0.4, -0.2) is 239 Å². The number of aliphatic hydroxyl groups is 6. The minimum atomic E-state index is -5.21. The van der Waals surface area contributed by atoms with Crippen molar-refractivity contribution in [3.8, 4) is 33.3 Å². The molecule has 9 rings (SSSR count). The van der Waals surface area contributed by atoms with Crippen LogP contribution in [0.15, 0.2) is 72.9 Å². The van der Waals surface area contributed by atoms with Crippen LogP contribution in [0, 0.1) is 5.92 Å². The molecule has 91 heavy (non-hydrogen) atoms. The van der Waals surface area contributed by atoms with Crippen molar-refractivity contribution in [3.63, 3.8) is 0 Å². The molecule has 33 heteroatoms. The van der Waals surface area contributed by atoms with Gasteiger partial charge in [-0.15, -0.1) is 0 Å². The summed E-state index contributed by atoms with van der Waals surface area (Å²) >= 11 is 1.38. The molecule has 31 nitrogen and oxygen atoms in total. The molecular weight excluding hydrogens is 1230 g/mol. The third kappa shape index (κ3) is 15.9. The number of morpholine rings is 1. The normalized spacial score (nSPS) is 27.8. The number of nitrogens with two attached hydrogens (primary N) is 1. The van der Waals surface area contributed by atoms with Crippen LogP contribution in [0.25, 0.3) is 26.8 Å². The maximum absolute atomic E-state index is 14.7. The van der Waals surface area contributed by atoms with Crippen molar-refractivity contribution in [1.29, 1.82) is 0 Å². The van der Waals surface area contributed by atoms with E-state index in [1.807, 2.05) is 26.0 Å². The van der Waals surface area contributed by atoms with Gasteiger partial charge in [-0.3, -0.25) is 38.1 Å². The molecule has 0 radical (unpaired) electrons. The Balaban J connectivity index is 0.982. The molecule has 3 aromatic carbocycles. The largest absolute Gasteiger partial charge is 0.504 e. The van der Waals surface area contributed by atoms with Crippen LogP contribution in [0.4, 0.5) is 5.69 Å². The van der Waals surface area contributed by atoms with Gasteiger partial charge in [0.1, 0.15) is 41.3 Å². The highest BCUT2D eigenvalue weighted by Gasteiger charge is 2.50. The lowest BCUT2D eigenvalue weighted by Crippen LogP contribution is -2.64. The molecule has 4 unspecified atom stereocenters. The Morgan fingerprint density at radius 1 is 0.791 bits per heavy atom. The van der Waals surface area contributed by atoms with E-state index in [4.69, 9.17) is 20.6 Å². The van der Waals surface area contributed by atoms with Gasteiger partial charge < -0.3 is 91.7 Å². The van der Waals surface area contributed by atoms with Gasteiger partial charge in [0.05, 0.1) is 60.7 Å². The number of phenolic OH excluding ortho intramolecular Hbond substituents is 1.